The van der Waals surface area contributed by atoms with E-state index < -0.39 is 0 Å². The van der Waals surface area contributed by atoms with E-state index in [-0.39, 0.29) is 0 Å². The molecule has 0 bridgehead atoms. The van der Waals surface area contributed by atoms with Gasteiger partial charge in [-0.05, 0) is 41.8 Å². The van der Waals surface area contributed by atoms with Crippen LogP contribution in [-0.2, 0) is 0 Å². The Morgan fingerprint density at radius 3 is 1.65 bits per heavy atom. The number of nitrogens with one attached hydrogen (secondary N) is 1. The maximum atomic E-state index is 3.73. The summed E-state index contributed by atoms with van der Waals surface area (Å²) in [6, 6.07) is 25.8. The Hall–Kier alpha value is -2.80. The second kappa shape index (κ2) is 5.44. The smallest absolute Gasteiger partial charge is 0.0543 e. The molecular weight excluding hydrogens is 278 g/mol. The van der Waals surface area contributed by atoms with Crippen LogP contribution in [0.5, 0.6) is 0 Å². The van der Waals surface area contributed by atoms with E-state index in [9.17, 15) is 0 Å². The largest absolute Gasteiger partial charge is 0.354 e. The first-order chi connectivity index (χ1) is 11.2. The molecule has 4 rings (SSSR count). The molecule has 112 valence electrons. The van der Waals surface area contributed by atoms with Crippen LogP contribution in [0.2, 0.25) is 0 Å². The predicted molar refractivity (Wildman–Crippen MR) is 101 cm³/mol. The van der Waals surface area contributed by atoms with Crippen LogP contribution in [0.1, 0.15) is 11.1 Å². The summed E-state index contributed by atoms with van der Waals surface area (Å²) in [5, 5.41) is 8.77. The summed E-state index contributed by atoms with van der Waals surface area (Å²) in [5.74, 6) is 0. The van der Waals surface area contributed by atoms with Crippen LogP contribution < -0.4 is 5.32 Å². The van der Waals surface area contributed by atoms with Crippen molar-refractivity contribution in [2.75, 3.05) is 5.32 Å². The van der Waals surface area contributed by atoms with Gasteiger partial charge >= 0.3 is 0 Å². The van der Waals surface area contributed by atoms with Crippen LogP contribution in [0.25, 0.3) is 21.5 Å². The molecule has 0 fully saturated rings. The van der Waals surface area contributed by atoms with Crippen LogP contribution in [0.3, 0.4) is 0 Å². The zero-order valence-corrected chi connectivity index (χ0v) is 13.4. The summed E-state index contributed by atoms with van der Waals surface area (Å²) in [6.07, 6.45) is 0. The van der Waals surface area contributed by atoms with E-state index >= 15 is 0 Å². The molecule has 0 saturated carbocycles. The van der Waals surface area contributed by atoms with Crippen molar-refractivity contribution in [1.82, 2.24) is 0 Å². The van der Waals surface area contributed by atoms with Gasteiger partial charge in [0.15, 0.2) is 0 Å². The third-order valence-electron chi connectivity index (χ3n) is 4.50. The highest BCUT2D eigenvalue weighted by Gasteiger charge is 2.10. The maximum absolute atomic E-state index is 3.73. The molecule has 0 amide bonds. The lowest BCUT2D eigenvalue weighted by molar-refractivity contribution is 1.37. The summed E-state index contributed by atoms with van der Waals surface area (Å²) in [5.41, 5.74) is 4.93. The molecule has 0 heterocycles. The maximum Gasteiger partial charge on any atom is 0.0543 e. The predicted octanol–water partition coefficient (Wildman–Crippen LogP) is 6.35. The molecule has 4 aromatic carbocycles. The van der Waals surface area contributed by atoms with E-state index in [4.69, 9.17) is 0 Å². The fourth-order valence-corrected chi connectivity index (χ4v) is 3.28. The van der Waals surface area contributed by atoms with Crippen LogP contribution in [0.4, 0.5) is 11.4 Å². The number of benzene rings is 4. The molecule has 0 aliphatic carbocycles. The Kier molecular flexibility index (Phi) is 3.27. The fraction of sp³-hybridized carbons (Fsp3) is 0.0909. The molecule has 0 aliphatic heterocycles. The summed E-state index contributed by atoms with van der Waals surface area (Å²) in [7, 11) is 0. The highest BCUT2D eigenvalue weighted by molar-refractivity contribution is 6.12. The van der Waals surface area contributed by atoms with E-state index in [1.165, 1.54) is 44.0 Å². The molecule has 0 atom stereocenters. The van der Waals surface area contributed by atoms with Crippen molar-refractivity contribution in [3.63, 3.8) is 0 Å². The molecule has 0 aromatic heterocycles. The molecule has 0 spiro atoms. The van der Waals surface area contributed by atoms with Crippen molar-refractivity contribution < 1.29 is 0 Å². The first-order valence-corrected chi connectivity index (χ1v) is 7.98. The lowest BCUT2D eigenvalue weighted by Gasteiger charge is -2.17. The summed E-state index contributed by atoms with van der Waals surface area (Å²) < 4.78 is 0. The minimum atomic E-state index is 1.19. The number of para-hydroxylation sites is 1. The van der Waals surface area contributed by atoms with Crippen LogP contribution >= 0.6 is 0 Å². The monoisotopic (exact) mass is 297 g/mol. The number of fused-ring (bicyclic) bond motifs is 2. The van der Waals surface area contributed by atoms with Crippen molar-refractivity contribution in [1.29, 1.82) is 0 Å². The van der Waals surface area contributed by atoms with Gasteiger partial charge in [-0.3, -0.25) is 0 Å². The highest BCUT2D eigenvalue weighted by Crippen LogP contribution is 2.36. The van der Waals surface area contributed by atoms with Gasteiger partial charge in [-0.25, -0.2) is 0 Å². The first-order valence-electron chi connectivity index (χ1n) is 7.98. The average Bonchev–Trinajstić information content (AvgIpc) is 2.57. The van der Waals surface area contributed by atoms with E-state index in [1.54, 1.807) is 0 Å². The van der Waals surface area contributed by atoms with Crippen molar-refractivity contribution in [2.24, 2.45) is 0 Å². The van der Waals surface area contributed by atoms with Gasteiger partial charge < -0.3 is 5.32 Å². The lowest BCUT2D eigenvalue weighted by Crippen LogP contribution is -1.98. The lowest BCUT2D eigenvalue weighted by atomic mass is 10.00. The second-order valence-corrected chi connectivity index (χ2v) is 6.09. The van der Waals surface area contributed by atoms with Gasteiger partial charge in [-0.15, -0.1) is 0 Å². The third kappa shape index (κ3) is 2.35. The topological polar surface area (TPSA) is 12.0 Å². The van der Waals surface area contributed by atoms with Gasteiger partial charge in [0.05, 0.1) is 5.69 Å². The fourth-order valence-electron chi connectivity index (χ4n) is 3.28. The number of hydrogen-bond donors (Lipinski definition) is 1. The molecule has 1 nitrogen and oxygen atoms in total. The Bertz CT molecular complexity index is 940. The zero-order valence-electron chi connectivity index (χ0n) is 13.4. The van der Waals surface area contributed by atoms with Crippen molar-refractivity contribution in [3.8, 4) is 0 Å². The summed E-state index contributed by atoms with van der Waals surface area (Å²) in [6.45, 7) is 4.31. The molecule has 0 radical (unpaired) electrons. The van der Waals surface area contributed by atoms with Gasteiger partial charge in [-0.1, -0.05) is 66.7 Å². The standard InChI is InChI=1S/C22H19N/c1-15-8-7-9-16(2)21(15)23-22-19-12-5-3-10-17(19)14-18-11-4-6-13-20(18)22/h3-14,23H,1-2H3. The number of rotatable bonds is 2. The van der Waals surface area contributed by atoms with Gasteiger partial charge in [0.1, 0.15) is 0 Å². The summed E-state index contributed by atoms with van der Waals surface area (Å²) >= 11 is 0. The number of aryl methyl sites for hydroxylation is 2. The zero-order chi connectivity index (χ0) is 15.8. The van der Waals surface area contributed by atoms with Gasteiger partial charge in [0.25, 0.3) is 0 Å². The normalized spacial score (nSPS) is 11.0. The second-order valence-electron chi connectivity index (χ2n) is 6.09. The van der Waals surface area contributed by atoms with Crippen molar-refractivity contribution in [2.45, 2.75) is 13.8 Å². The Labute approximate surface area is 136 Å². The SMILES string of the molecule is Cc1cccc(C)c1Nc1c2ccccc2cc2ccccc12. The van der Waals surface area contributed by atoms with Crippen LogP contribution in [0.15, 0.2) is 72.8 Å². The molecule has 0 aliphatic rings. The molecule has 4 aromatic rings. The van der Waals surface area contributed by atoms with E-state index in [0.29, 0.717) is 0 Å². The van der Waals surface area contributed by atoms with E-state index in [0.717, 1.165) is 0 Å². The quantitative estimate of drug-likeness (QED) is 0.425. The Balaban J connectivity index is 2.03. The van der Waals surface area contributed by atoms with Gasteiger partial charge in [0, 0.05) is 16.5 Å². The van der Waals surface area contributed by atoms with Crippen molar-refractivity contribution in [3.05, 3.63) is 83.9 Å². The van der Waals surface area contributed by atoms with Crippen molar-refractivity contribution >= 4 is 32.9 Å². The highest BCUT2D eigenvalue weighted by atomic mass is 14.9. The Morgan fingerprint density at radius 2 is 1.09 bits per heavy atom. The minimum Gasteiger partial charge on any atom is -0.354 e. The van der Waals surface area contributed by atoms with Gasteiger partial charge in [-0.2, -0.15) is 0 Å². The van der Waals surface area contributed by atoms with E-state index in [2.05, 4.69) is 92.0 Å². The Morgan fingerprint density at radius 1 is 0.565 bits per heavy atom. The molecule has 23 heavy (non-hydrogen) atoms. The van der Waals surface area contributed by atoms with Gasteiger partial charge in [0.2, 0.25) is 0 Å². The molecular formula is C22H19N. The van der Waals surface area contributed by atoms with Crippen LogP contribution in [-0.4, -0.2) is 0 Å². The number of hydrogen-bond acceptors (Lipinski definition) is 1. The summed E-state index contributed by atoms with van der Waals surface area (Å²) in [4.78, 5) is 0. The third-order valence-corrected chi connectivity index (χ3v) is 4.50. The minimum absolute atomic E-state index is 1.19. The molecule has 1 heteroatoms. The average molecular weight is 297 g/mol. The number of anilines is 2. The van der Waals surface area contributed by atoms with E-state index in [1.807, 2.05) is 0 Å². The first kappa shape index (κ1) is 13.8. The molecule has 0 unspecified atom stereocenters. The molecule has 1 N–H and O–H groups in total. The molecule has 0 saturated heterocycles. The van der Waals surface area contributed by atoms with Crippen LogP contribution in [0, 0.1) is 13.8 Å².